The molecule has 2 aliphatic carbocycles. The predicted octanol–water partition coefficient (Wildman–Crippen LogP) is 4.76. The first-order valence-corrected chi connectivity index (χ1v) is 6.87. The molecule has 0 amide bonds. The highest BCUT2D eigenvalue weighted by atomic mass is 19.1. The molecule has 3 atom stereocenters. The van der Waals surface area contributed by atoms with Crippen LogP contribution in [0.2, 0.25) is 0 Å². The van der Waals surface area contributed by atoms with Crippen molar-refractivity contribution in [2.75, 3.05) is 0 Å². The maximum Gasteiger partial charge on any atom is 0.126 e. The Kier molecular flexibility index (Phi) is 2.53. The molecule has 0 aliphatic heterocycles. The Morgan fingerprint density at radius 3 is 2.65 bits per heavy atom. The number of hydrogen-bond donors (Lipinski definition) is 0. The number of rotatable bonds is 2. The summed E-state index contributed by atoms with van der Waals surface area (Å²) in [4.78, 5) is 0. The van der Waals surface area contributed by atoms with E-state index < -0.39 is 0 Å². The molecule has 1 heteroatoms. The molecular formula is C16H21F. The zero-order chi connectivity index (χ0) is 12.0. The van der Waals surface area contributed by atoms with Gasteiger partial charge in [-0.05, 0) is 60.5 Å². The lowest BCUT2D eigenvalue weighted by molar-refractivity contribution is 0.190. The van der Waals surface area contributed by atoms with Crippen molar-refractivity contribution >= 4 is 0 Å². The summed E-state index contributed by atoms with van der Waals surface area (Å²) in [5.41, 5.74) is 1.48. The highest BCUT2D eigenvalue weighted by Crippen LogP contribution is 2.63. The van der Waals surface area contributed by atoms with Gasteiger partial charge in [0.2, 0.25) is 0 Å². The molecule has 2 fully saturated rings. The van der Waals surface area contributed by atoms with Crippen LogP contribution in [-0.4, -0.2) is 0 Å². The fourth-order valence-electron chi connectivity index (χ4n) is 4.23. The molecule has 0 aromatic heterocycles. The van der Waals surface area contributed by atoms with Crippen molar-refractivity contribution in [2.24, 2.45) is 17.3 Å². The molecule has 0 saturated heterocycles. The minimum Gasteiger partial charge on any atom is -0.207 e. The topological polar surface area (TPSA) is 0 Å². The van der Waals surface area contributed by atoms with Crippen molar-refractivity contribution in [3.05, 3.63) is 35.6 Å². The zero-order valence-corrected chi connectivity index (χ0v) is 10.7. The van der Waals surface area contributed by atoms with Gasteiger partial charge in [-0.1, -0.05) is 32.0 Å². The van der Waals surface area contributed by atoms with E-state index in [2.05, 4.69) is 13.8 Å². The average molecular weight is 232 g/mol. The van der Waals surface area contributed by atoms with E-state index in [0.29, 0.717) is 11.3 Å². The third kappa shape index (κ3) is 1.63. The van der Waals surface area contributed by atoms with E-state index in [9.17, 15) is 4.39 Å². The minimum absolute atomic E-state index is 0.00366. The fourth-order valence-corrected chi connectivity index (χ4v) is 4.23. The predicted molar refractivity (Wildman–Crippen MR) is 68.4 cm³/mol. The van der Waals surface area contributed by atoms with E-state index in [1.165, 1.54) is 25.7 Å². The Hall–Kier alpha value is -0.850. The largest absolute Gasteiger partial charge is 0.207 e. The van der Waals surface area contributed by atoms with Crippen LogP contribution >= 0.6 is 0 Å². The summed E-state index contributed by atoms with van der Waals surface area (Å²) in [6.45, 7) is 4.68. The molecule has 0 spiro atoms. The van der Waals surface area contributed by atoms with Crippen LogP contribution in [-0.2, 0) is 0 Å². The van der Waals surface area contributed by atoms with E-state index in [1.807, 2.05) is 12.1 Å². The molecule has 0 heterocycles. The summed E-state index contributed by atoms with van der Waals surface area (Å²) in [6.07, 6.45) is 5.19. The Morgan fingerprint density at radius 2 is 2.00 bits per heavy atom. The second-order valence-electron chi connectivity index (χ2n) is 6.35. The van der Waals surface area contributed by atoms with Crippen molar-refractivity contribution in [1.82, 2.24) is 0 Å². The molecule has 1 aromatic rings. The van der Waals surface area contributed by atoms with E-state index in [-0.39, 0.29) is 5.82 Å². The van der Waals surface area contributed by atoms with Crippen LogP contribution in [0.1, 0.15) is 51.0 Å². The maximum absolute atomic E-state index is 13.9. The standard InChI is InChI=1S/C16H21F/c1-11(2)16-8-7-12(9-16)14(10-16)13-5-3-4-6-15(13)17/h3-6,11-12,14H,7-10H2,1-2H3/t12?,14-,16?/m0/s1. The first-order valence-electron chi connectivity index (χ1n) is 6.87. The van der Waals surface area contributed by atoms with Gasteiger partial charge in [0.1, 0.15) is 5.82 Å². The second-order valence-corrected chi connectivity index (χ2v) is 6.35. The van der Waals surface area contributed by atoms with E-state index >= 15 is 0 Å². The van der Waals surface area contributed by atoms with Crippen LogP contribution in [0.25, 0.3) is 0 Å². The van der Waals surface area contributed by atoms with Gasteiger partial charge in [0.05, 0.1) is 0 Å². The number of benzene rings is 1. The first-order chi connectivity index (χ1) is 8.12. The Balaban J connectivity index is 1.91. The van der Waals surface area contributed by atoms with Crippen LogP contribution in [0.15, 0.2) is 24.3 Å². The van der Waals surface area contributed by atoms with Gasteiger partial charge in [-0.25, -0.2) is 4.39 Å². The molecular weight excluding hydrogens is 211 g/mol. The highest BCUT2D eigenvalue weighted by Gasteiger charge is 2.52. The molecule has 0 nitrogen and oxygen atoms in total. The van der Waals surface area contributed by atoms with Gasteiger partial charge in [0, 0.05) is 0 Å². The first kappa shape index (κ1) is 11.3. The van der Waals surface area contributed by atoms with Gasteiger partial charge in [0.15, 0.2) is 0 Å². The third-order valence-corrected chi connectivity index (χ3v) is 5.41. The lowest BCUT2D eigenvalue weighted by atomic mass is 9.71. The van der Waals surface area contributed by atoms with Gasteiger partial charge in [-0.3, -0.25) is 0 Å². The van der Waals surface area contributed by atoms with Crippen molar-refractivity contribution in [1.29, 1.82) is 0 Å². The van der Waals surface area contributed by atoms with E-state index in [1.54, 1.807) is 12.1 Å². The molecule has 2 saturated carbocycles. The van der Waals surface area contributed by atoms with E-state index in [0.717, 1.165) is 17.4 Å². The number of halogens is 1. The van der Waals surface area contributed by atoms with Crippen LogP contribution in [0.3, 0.4) is 0 Å². The number of fused-ring (bicyclic) bond motifs is 2. The van der Waals surface area contributed by atoms with Gasteiger partial charge < -0.3 is 0 Å². The summed E-state index contributed by atoms with van der Waals surface area (Å²) in [5.74, 6) is 1.95. The molecule has 2 unspecified atom stereocenters. The molecule has 0 radical (unpaired) electrons. The molecule has 1 aromatic carbocycles. The molecule has 0 N–H and O–H groups in total. The molecule has 17 heavy (non-hydrogen) atoms. The van der Waals surface area contributed by atoms with Crippen LogP contribution in [0, 0.1) is 23.1 Å². The second kappa shape index (κ2) is 3.83. The summed E-state index contributed by atoms with van der Waals surface area (Å²) < 4.78 is 13.9. The SMILES string of the molecule is CC(C)C12CCC(C1)[C@@H](c1ccccc1F)C2. The Bertz CT molecular complexity index is 423. The fraction of sp³-hybridized carbons (Fsp3) is 0.625. The monoisotopic (exact) mass is 232 g/mol. The van der Waals surface area contributed by atoms with Gasteiger partial charge in [0.25, 0.3) is 0 Å². The normalized spacial score (nSPS) is 35.8. The Labute approximate surface area is 103 Å². The summed E-state index contributed by atoms with van der Waals surface area (Å²) in [6, 6.07) is 7.38. The third-order valence-electron chi connectivity index (χ3n) is 5.41. The average Bonchev–Trinajstić information content (AvgIpc) is 2.88. The van der Waals surface area contributed by atoms with Crippen molar-refractivity contribution in [2.45, 2.75) is 45.4 Å². The number of hydrogen-bond acceptors (Lipinski definition) is 0. The van der Waals surface area contributed by atoms with Crippen LogP contribution in [0.5, 0.6) is 0 Å². The molecule has 92 valence electrons. The van der Waals surface area contributed by atoms with Gasteiger partial charge in [-0.2, -0.15) is 0 Å². The lowest BCUT2D eigenvalue weighted by Gasteiger charge is -2.34. The Morgan fingerprint density at radius 1 is 1.24 bits per heavy atom. The summed E-state index contributed by atoms with van der Waals surface area (Å²) in [5, 5.41) is 0. The highest BCUT2D eigenvalue weighted by molar-refractivity contribution is 5.26. The van der Waals surface area contributed by atoms with Gasteiger partial charge >= 0.3 is 0 Å². The van der Waals surface area contributed by atoms with Crippen LogP contribution in [0.4, 0.5) is 4.39 Å². The van der Waals surface area contributed by atoms with Crippen molar-refractivity contribution in [3.8, 4) is 0 Å². The smallest absolute Gasteiger partial charge is 0.126 e. The zero-order valence-electron chi connectivity index (χ0n) is 10.7. The van der Waals surface area contributed by atoms with E-state index in [4.69, 9.17) is 0 Å². The summed E-state index contributed by atoms with van der Waals surface area (Å²) in [7, 11) is 0. The maximum atomic E-state index is 13.9. The van der Waals surface area contributed by atoms with Crippen molar-refractivity contribution < 1.29 is 4.39 Å². The van der Waals surface area contributed by atoms with Crippen molar-refractivity contribution in [3.63, 3.8) is 0 Å². The van der Waals surface area contributed by atoms with Crippen LogP contribution < -0.4 is 0 Å². The minimum atomic E-state index is 0.00366. The summed E-state index contributed by atoms with van der Waals surface area (Å²) >= 11 is 0. The molecule has 2 bridgehead atoms. The molecule has 3 rings (SSSR count). The lowest BCUT2D eigenvalue weighted by Crippen LogP contribution is -2.23. The van der Waals surface area contributed by atoms with Gasteiger partial charge in [-0.15, -0.1) is 0 Å². The quantitative estimate of drug-likeness (QED) is 0.690. The molecule has 2 aliphatic rings.